The molecule has 2 N–H and O–H groups in total. The second-order valence-corrected chi connectivity index (χ2v) is 5.33. The van der Waals surface area contributed by atoms with E-state index in [2.05, 4.69) is 10.1 Å². The van der Waals surface area contributed by atoms with Gasteiger partial charge >= 0.3 is 0 Å². The highest BCUT2D eigenvalue weighted by Gasteiger charge is 2.24. The van der Waals surface area contributed by atoms with Crippen LogP contribution in [0.1, 0.15) is 18.7 Å². The summed E-state index contributed by atoms with van der Waals surface area (Å²) in [5.41, 5.74) is 6.73. The summed E-state index contributed by atoms with van der Waals surface area (Å²) in [5.74, 6) is 1.88. The molecule has 0 atom stereocenters. The van der Waals surface area contributed by atoms with Crippen LogP contribution in [-0.4, -0.2) is 10.1 Å². The highest BCUT2D eigenvalue weighted by Crippen LogP contribution is 2.34. The lowest BCUT2D eigenvalue weighted by molar-refractivity contribution is 0.421. The lowest BCUT2D eigenvalue weighted by atomic mass is 10.2. The van der Waals surface area contributed by atoms with Crippen LogP contribution in [0, 0.1) is 5.92 Å². The molecule has 1 aliphatic carbocycles. The van der Waals surface area contributed by atoms with Crippen molar-refractivity contribution in [1.82, 2.24) is 10.1 Å². The first kappa shape index (κ1) is 11.8. The maximum Gasteiger partial charge on any atom is 0.258 e. The molecule has 4 nitrogen and oxygen atoms in total. The molecular weight excluding hydrogens is 273 g/mol. The Kier molecular flexibility index (Phi) is 2.92. The number of hydrogen-bond acceptors (Lipinski definition) is 4. The molecule has 1 saturated carbocycles. The Morgan fingerprint density at radius 3 is 2.56 bits per heavy atom. The van der Waals surface area contributed by atoms with E-state index in [1.165, 1.54) is 12.8 Å². The summed E-state index contributed by atoms with van der Waals surface area (Å²) in [5, 5.41) is 4.73. The minimum absolute atomic E-state index is 0.361. The molecule has 6 heteroatoms. The summed E-state index contributed by atoms with van der Waals surface area (Å²) >= 11 is 11.9. The maximum atomic E-state index is 5.97. The van der Waals surface area contributed by atoms with Gasteiger partial charge in [0, 0.05) is 12.0 Å². The van der Waals surface area contributed by atoms with E-state index in [0.29, 0.717) is 33.1 Å². The Labute approximate surface area is 114 Å². The number of anilines is 1. The smallest absolute Gasteiger partial charge is 0.258 e. The van der Waals surface area contributed by atoms with Crippen molar-refractivity contribution in [3.05, 3.63) is 28.0 Å². The van der Waals surface area contributed by atoms with Gasteiger partial charge in [-0.25, -0.2) is 0 Å². The summed E-state index contributed by atoms with van der Waals surface area (Å²) in [6.07, 6.45) is 3.38. The van der Waals surface area contributed by atoms with Gasteiger partial charge in [0.2, 0.25) is 0 Å². The zero-order valence-electron chi connectivity index (χ0n) is 9.49. The number of nitrogens with zero attached hydrogens (tertiary/aromatic N) is 2. The fourth-order valence-electron chi connectivity index (χ4n) is 1.74. The normalized spacial score (nSPS) is 15.0. The minimum Gasteiger partial charge on any atom is -0.396 e. The van der Waals surface area contributed by atoms with E-state index >= 15 is 0 Å². The molecule has 94 valence electrons. The quantitative estimate of drug-likeness (QED) is 0.875. The van der Waals surface area contributed by atoms with Crippen LogP contribution < -0.4 is 5.73 Å². The van der Waals surface area contributed by atoms with Gasteiger partial charge in [-0.1, -0.05) is 28.4 Å². The van der Waals surface area contributed by atoms with Crippen LogP contribution in [0.25, 0.3) is 11.5 Å². The zero-order valence-corrected chi connectivity index (χ0v) is 11.0. The van der Waals surface area contributed by atoms with E-state index in [4.69, 9.17) is 33.5 Å². The summed E-state index contributed by atoms with van der Waals surface area (Å²) in [7, 11) is 0. The molecule has 2 aromatic rings. The van der Waals surface area contributed by atoms with Gasteiger partial charge in [0.25, 0.3) is 5.89 Å². The minimum atomic E-state index is 0.361. The standard InChI is InChI=1S/C12H11Cl2N3O/c13-8-4-7(5-9(14)11(8)15)12-16-10(17-18-12)3-6-1-2-6/h4-6H,1-3,15H2. The van der Waals surface area contributed by atoms with Gasteiger partial charge in [0.15, 0.2) is 5.82 Å². The first-order valence-corrected chi connectivity index (χ1v) is 6.46. The van der Waals surface area contributed by atoms with E-state index in [1.807, 2.05) is 0 Å². The highest BCUT2D eigenvalue weighted by atomic mass is 35.5. The van der Waals surface area contributed by atoms with Crippen molar-refractivity contribution in [3.63, 3.8) is 0 Å². The van der Waals surface area contributed by atoms with Crippen LogP contribution in [0.2, 0.25) is 10.0 Å². The molecule has 0 spiro atoms. The third-order valence-corrected chi connectivity index (χ3v) is 3.59. The van der Waals surface area contributed by atoms with Crippen molar-refractivity contribution in [1.29, 1.82) is 0 Å². The molecular formula is C12H11Cl2N3O. The lowest BCUT2D eigenvalue weighted by Crippen LogP contribution is -1.91. The predicted molar refractivity (Wildman–Crippen MR) is 70.6 cm³/mol. The Hall–Kier alpha value is -1.26. The largest absolute Gasteiger partial charge is 0.396 e. The van der Waals surface area contributed by atoms with Crippen molar-refractivity contribution in [2.24, 2.45) is 5.92 Å². The van der Waals surface area contributed by atoms with Crippen LogP contribution in [-0.2, 0) is 6.42 Å². The summed E-state index contributed by atoms with van der Waals surface area (Å²) in [6.45, 7) is 0. The first-order chi connectivity index (χ1) is 8.63. The van der Waals surface area contributed by atoms with E-state index < -0.39 is 0 Å². The maximum absolute atomic E-state index is 5.97. The van der Waals surface area contributed by atoms with Gasteiger partial charge in [-0.3, -0.25) is 0 Å². The average Bonchev–Trinajstić information content (AvgIpc) is 3.01. The van der Waals surface area contributed by atoms with Crippen molar-refractivity contribution < 1.29 is 4.52 Å². The molecule has 0 saturated heterocycles. The van der Waals surface area contributed by atoms with Crippen molar-refractivity contribution in [2.45, 2.75) is 19.3 Å². The molecule has 0 amide bonds. The Morgan fingerprint density at radius 1 is 1.28 bits per heavy atom. The van der Waals surface area contributed by atoms with E-state index in [9.17, 15) is 0 Å². The Bertz CT molecular complexity index is 570. The van der Waals surface area contributed by atoms with E-state index in [0.717, 1.165) is 12.2 Å². The van der Waals surface area contributed by atoms with Crippen LogP contribution in [0.5, 0.6) is 0 Å². The predicted octanol–water partition coefficient (Wildman–Crippen LogP) is 3.58. The molecule has 0 radical (unpaired) electrons. The first-order valence-electron chi connectivity index (χ1n) is 5.71. The summed E-state index contributed by atoms with van der Waals surface area (Å²) < 4.78 is 5.21. The van der Waals surface area contributed by atoms with Crippen molar-refractivity contribution in [3.8, 4) is 11.5 Å². The average molecular weight is 284 g/mol. The van der Waals surface area contributed by atoms with Gasteiger partial charge in [0.05, 0.1) is 15.7 Å². The number of nitrogen functional groups attached to an aromatic ring is 1. The Balaban J connectivity index is 1.91. The molecule has 0 aliphatic heterocycles. The van der Waals surface area contributed by atoms with Crippen molar-refractivity contribution >= 4 is 28.9 Å². The fraction of sp³-hybridized carbons (Fsp3) is 0.333. The van der Waals surface area contributed by atoms with Crippen LogP contribution in [0.3, 0.4) is 0 Å². The van der Waals surface area contributed by atoms with E-state index in [1.54, 1.807) is 12.1 Å². The SMILES string of the molecule is Nc1c(Cl)cc(-c2nc(CC3CC3)no2)cc1Cl. The molecule has 3 rings (SSSR count). The number of nitrogens with two attached hydrogens (primary N) is 1. The molecule has 1 aromatic heterocycles. The van der Waals surface area contributed by atoms with Crippen LogP contribution in [0.15, 0.2) is 16.7 Å². The monoisotopic (exact) mass is 283 g/mol. The summed E-state index contributed by atoms with van der Waals surface area (Å²) in [6, 6.07) is 3.36. The van der Waals surface area contributed by atoms with Gasteiger partial charge < -0.3 is 10.3 Å². The van der Waals surface area contributed by atoms with Gasteiger partial charge in [-0.15, -0.1) is 0 Å². The van der Waals surface area contributed by atoms with Crippen LogP contribution >= 0.6 is 23.2 Å². The second kappa shape index (κ2) is 4.44. The third kappa shape index (κ3) is 2.31. The highest BCUT2D eigenvalue weighted by molar-refractivity contribution is 6.39. The molecule has 1 aliphatic rings. The topological polar surface area (TPSA) is 64.9 Å². The summed E-state index contributed by atoms with van der Waals surface area (Å²) in [4.78, 5) is 4.34. The van der Waals surface area contributed by atoms with Gasteiger partial charge in [-0.05, 0) is 30.9 Å². The molecule has 0 unspecified atom stereocenters. The zero-order chi connectivity index (χ0) is 12.7. The Morgan fingerprint density at radius 2 is 1.94 bits per heavy atom. The van der Waals surface area contributed by atoms with Crippen LogP contribution in [0.4, 0.5) is 5.69 Å². The number of aromatic nitrogens is 2. The fourth-order valence-corrected chi connectivity index (χ4v) is 2.23. The number of halogens is 2. The molecule has 1 fully saturated rings. The third-order valence-electron chi connectivity index (χ3n) is 2.96. The lowest BCUT2D eigenvalue weighted by Gasteiger charge is -2.02. The van der Waals surface area contributed by atoms with Gasteiger partial charge in [0.1, 0.15) is 0 Å². The molecule has 0 bridgehead atoms. The molecule has 1 aromatic carbocycles. The second-order valence-electron chi connectivity index (χ2n) is 4.52. The van der Waals surface area contributed by atoms with E-state index in [-0.39, 0.29) is 0 Å². The van der Waals surface area contributed by atoms with Gasteiger partial charge in [-0.2, -0.15) is 4.98 Å². The number of benzene rings is 1. The number of rotatable bonds is 3. The molecule has 1 heterocycles. The molecule has 18 heavy (non-hydrogen) atoms. The number of hydrogen-bond donors (Lipinski definition) is 1. The van der Waals surface area contributed by atoms with Crippen molar-refractivity contribution in [2.75, 3.05) is 5.73 Å².